The van der Waals surface area contributed by atoms with Gasteiger partial charge in [0.15, 0.2) is 0 Å². The van der Waals surface area contributed by atoms with Gasteiger partial charge in [-0.1, -0.05) is 0 Å². The van der Waals surface area contributed by atoms with Gasteiger partial charge in [0.1, 0.15) is 0 Å². The molecular weight excluding hydrogens is 188 g/mol. The molecule has 4 atom stereocenters. The second-order valence-electron chi connectivity index (χ2n) is 5.20. The predicted molar refractivity (Wildman–Crippen MR) is 62.1 cm³/mol. The molecule has 15 heavy (non-hydrogen) atoms. The van der Waals surface area contributed by atoms with Crippen molar-refractivity contribution in [2.75, 3.05) is 20.7 Å². The van der Waals surface area contributed by atoms with Gasteiger partial charge in [-0.15, -0.1) is 0 Å². The lowest BCUT2D eigenvalue weighted by atomic mass is 10.1. The first-order valence-electron chi connectivity index (χ1n) is 6.19. The molecular formula is C12H24N2O. The highest BCUT2D eigenvalue weighted by atomic mass is 16.5. The van der Waals surface area contributed by atoms with Gasteiger partial charge in [-0.25, -0.2) is 0 Å². The molecule has 1 saturated carbocycles. The van der Waals surface area contributed by atoms with Crippen molar-refractivity contribution < 1.29 is 4.74 Å². The third-order valence-corrected chi connectivity index (χ3v) is 4.09. The molecule has 2 fully saturated rings. The summed E-state index contributed by atoms with van der Waals surface area (Å²) in [6.45, 7) is 3.50. The zero-order valence-corrected chi connectivity index (χ0v) is 10.2. The van der Waals surface area contributed by atoms with Crippen molar-refractivity contribution in [2.24, 2.45) is 0 Å². The first-order valence-corrected chi connectivity index (χ1v) is 6.19. The summed E-state index contributed by atoms with van der Waals surface area (Å²) < 4.78 is 5.51. The lowest BCUT2D eigenvalue weighted by Gasteiger charge is -2.23. The van der Waals surface area contributed by atoms with Crippen LogP contribution in [-0.2, 0) is 4.74 Å². The van der Waals surface area contributed by atoms with Crippen molar-refractivity contribution in [1.29, 1.82) is 0 Å². The van der Waals surface area contributed by atoms with E-state index in [1.165, 1.54) is 32.2 Å². The SMILES string of the molecule is COC1CCCC1NC1CC(C)N(C)C1. The highest BCUT2D eigenvalue weighted by Crippen LogP contribution is 2.24. The maximum Gasteiger partial charge on any atom is 0.0724 e. The van der Waals surface area contributed by atoms with Crippen LogP contribution in [0.3, 0.4) is 0 Å². The van der Waals surface area contributed by atoms with Gasteiger partial charge >= 0.3 is 0 Å². The Balaban J connectivity index is 1.82. The summed E-state index contributed by atoms with van der Waals surface area (Å²) >= 11 is 0. The molecule has 2 rings (SSSR count). The van der Waals surface area contributed by atoms with Crippen molar-refractivity contribution in [3.8, 4) is 0 Å². The van der Waals surface area contributed by atoms with E-state index >= 15 is 0 Å². The minimum absolute atomic E-state index is 0.450. The number of likely N-dealkylation sites (tertiary alicyclic amines) is 1. The lowest BCUT2D eigenvalue weighted by molar-refractivity contribution is 0.0816. The van der Waals surface area contributed by atoms with Crippen molar-refractivity contribution in [2.45, 2.75) is 56.8 Å². The van der Waals surface area contributed by atoms with E-state index in [0.29, 0.717) is 18.2 Å². The molecule has 4 unspecified atom stereocenters. The van der Waals surface area contributed by atoms with Gasteiger partial charge in [0.25, 0.3) is 0 Å². The van der Waals surface area contributed by atoms with Gasteiger partial charge in [-0.3, -0.25) is 0 Å². The van der Waals surface area contributed by atoms with Gasteiger partial charge < -0.3 is 15.0 Å². The second kappa shape index (κ2) is 4.81. The van der Waals surface area contributed by atoms with Crippen LogP contribution < -0.4 is 5.32 Å². The Bertz CT molecular complexity index is 200. The molecule has 0 aromatic rings. The number of hydrogen-bond donors (Lipinski definition) is 1. The zero-order valence-electron chi connectivity index (χ0n) is 10.2. The number of nitrogens with zero attached hydrogens (tertiary/aromatic N) is 1. The van der Waals surface area contributed by atoms with Crippen LogP contribution >= 0.6 is 0 Å². The zero-order chi connectivity index (χ0) is 10.8. The third-order valence-electron chi connectivity index (χ3n) is 4.09. The van der Waals surface area contributed by atoms with E-state index in [4.69, 9.17) is 4.74 Å². The number of rotatable bonds is 3. The monoisotopic (exact) mass is 212 g/mol. The number of hydrogen-bond acceptors (Lipinski definition) is 3. The topological polar surface area (TPSA) is 24.5 Å². The smallest absolute Gasteiger partial charge is 0.0724 e. The molecule has 0 aromatic carbocycles. The van der Waals surface area contributed by atoms with Gasteiger partial charge in [0, 0.05) is 31.8 Å². The fourth-order valence-corrected chi connectivity index (χ4v) is 3.02. The molecule has 3 heteroatoms. The average Bonchev–Trinajstić information content (AvgIpc) is 2.75. The first kappa shape index (κ1) is 11.4. The molecule has 1 aliphatic carbocycles. The van der Waals surface area contributed by atoms with E-state index in [9.17, 15) is 0 Å². The number of nitrogens with one attached hydrogen (secondary N) is 1. The van der Waals surface area contributed by atoms with E-state index < -0.39 is 0 Å². The highest BCUT2D eigenvalue weighted by molar-refractivity contribution is 4.91. The molecule has 0 spiro atoms. The molecule has 0 amide bonds. The van der Waals surface area contributed by atoms with Crippen LogP contribution in [-0.4, -0.2) is 49.8 Å². The van der Waals surface area contributed by atoms with E-state index in [-0.39, 0.29) is 0 Å². The van der Waals surface area contributed by atoms with E-state index in [1.807, 2.05) is 7.11 Å². The lowest BCUT2D eigenvalue weighted by Crippen LogP contribution is -2.44. The number of likely N-dealkylation sites (N-methyl/N-ethyl adjacent to an activating group) is 1. The van der Waals surface area contributed by atoms with Crippen LogP contribution in [0, 0.1) is 0 Å². The van der Waals surface area contributed by atoms with Crippen LogP contribution in [0.25, 0.3) is 0 Å². The molecule has 0 radical (unpaired) electrons. The standard InChI is InChI=1S/C12H24N2O/c1-9-7-10(8-14(9)2)13-11-5-4-6-12(11)15-3/h9-13H,4-8H2,1-3H3. The Hall–Kier alpha value is -0.120. The highest BCUT2D eigenvalue weighted by Gasteiger charge is 2.32. The molecule has 2 aliphatic rings. The number of methoxy groups -OCH3 is 1. The summed E-state index contributed by atoms with van der Waals surface area (Å²) in [4.78, 5) is 2.44. The van der Waals surface area contributed by atoms with E-state index in [1.54, 1.807) is 0 Å². The quantitative estimate of drug-likeness (QED) is 0.761. The summed E-state index contributed by atoms with van der Waals surface area (Å²) in [5.74, 6) is 0. The maximum absolute atomic E-state index is 5.51. The van der Waals surface area contributed by atoms with Crippen LogP contribution in [0.15, 0.2) is 0 Å². The fourth-order valence-electron chi connectivity index (χ4n) is 3.02. The molecule has 1 aliphatic heterocycles. The Kier molecular flexibility index (Phi) is 3.65. The van der Waals surface area contributed by atoms with E-state index in [2.05, 4.69) is 24.2 Å². The molecule has 1 saturated heterocycles. The van der Waals surface area contributed by atoms with Crippen molar-refractivity contribution in [1.82, 2.24) is 10.2 Å². The summed E-state index contributed by atoms with van der Waals surface area (Å²) in [6, 6.07) is 1.99. The van der Waals surface area contributed by atoms with Crippen LogP contribution in [0.2, 0.25) is 0 Å². The minimum atomic E-state index is 0.450. The Morgan fingerprint density at radius 2 is 2.13 bits per heavy atom. The Morgan fingerprint density at radius 3 is 2.73 bits per heavy atom. The molecule has 88 valence electrons. The van der Waals surface area contributed by atoms with Crippen molar-refractivity contribution >= 4 is 0 Å². The van der Waals surface area contributed by atoms with Gasteiger partial charge in [0.05, 0.1) is 6.10 Å². The summed E-state index contributed by atoms with van der Waals surface area (Å²) in [7, 11) is 4.06. The van der Waals surface area contributed by atoms with Gasteiger partial charge in [0.2, 0.25) is 0 Å². The summed E-state index contributed by atoms with van der Waals surface area (Å²) in [5.41, 5.74) is 0. The normalized spacial score (nSPS) is 42.6. The maximum atomic E-state index is 5.51. The first-order chi connectivity index (χ1) is 7.20. The average molecular weight is 212 g/mol. The molecule has 1 heterocycles. The molecule has 3 nitrogen and oxygen atoms in total. The fraction of sp³-hybridized carbons (Fsp3) is 1.00. The van der Waals surface area contributed by atoms with Crippen LogP contribution in [0.4, 0.5) is 0 Å². The minimum Gasteiger partial charge on any atom is -0.380 e. The van der Waals surface area contributed by atoms with Gasteiger partial charge in [-0.05, 0) is 39.7 Å². The summed E-state index contributed by atoms with van der Waals surface area (Å²) in [5, 5.41) is 3.77. The summed E-state index contributed by atoms with van der Waals surface area (Å²) in [6.07, 6.45) is 5.56. The largest absolute Gasteiger partial charge is 0.380 e. The Morgan fingerprint density at radius 1 is 1.33 bits per heavy atom. The van der Waals surface area contributed by atoms with Crippen molar-refractivity contribution in [3.63, 3.8) is 0 Å². The molecule has 0 bridgehead atoms. The van der Waals surface area contributed by atoms with Crippen LogP contribution in [0.5, 0.6) is 0 Å². The molecule has 1 N–H and O–H groups in total. The number of ether oxygens (including phenoxy) is 1. The second-order valence-corrected chi connectivity index (χ2v) is 5.20. The molecule has 0 aromatic heterocycles. The van der Waals surface area contributed by atoms with E-state index in [0.717, 1.165) is 6.04 Å². The third kappa shape index (κ3) is 2.52. The van der Waals surface area contributed by atoms with Crippen LogP contribution in [0.1, 0.15) is 32.6 Å². The van der Waals surface area contributed by atoms with Gasteiger partial charge in [-0.2, -0.15) is 0 Å². The Labute approximate surface area is 93.2 Å². The predicted octanol–water partition coefficient (Wildman–Crippen LogP) is 1.24. The van der Waals surface area contributed by atoms with Crippen molar-refractivity contribution in [3.05, 3.63) is 0 Å².